The first-order chi connectivity index (χ1) is 15.0. The molecule has 1 aliphatic rings. The largest absolute Gasteiger partial charge is 0.450 e. The van der Waals surface area contributed by atoms with Crippen LogP contribution >= 0.6 is 0 Å². The number of hydrogen-bond acceptors (Lipinski definition) is 3. The zero-order valence-corrected chi connectivity index (χ0v) is 17.1. The van der Waals surface area contributed by atoms with Gasteiger partial charge >= 0.3 is 0 Å². The van der Waals surface area contributed by atoms with E-state index in [2.05, 4.69) is 13.8 Å². The maximum Gasteiger partial charge on any atom is 0.295 e. The Morgan fingerprint density at radius 2 is 1.65 bits per heavy atom. The summed E-state index contributed by atoms with van der Waals surface area (Å²) >= 11 is 0. The number of benzene rings is 3. The zero-order valence-electron chi connectivity index (χ0n) is 17.1. The molecule has 0 aliphatic carbocycles. The fourth-order valence-electron chi connectivity index (χ4n) is 4.18. The van der Waals surface area contributed by atoms with Crippen LogP contribution in [0.1, 0.15) is 53.1 Å². The van der Waals surface area contributed by atoms with Gasteiger partial charge in [0, 0.05) is 5.69 Å². The summed E-state index contributed by atoms with van der Waals surface area (Å²) in [5, 5.41) is 0.130. The van der Waals surface area contributed by atoms with Crippen LogP contribution in [-0.4, -0.2) is 5.91 Å². The van der Waals surface area contributed by atoms with Crippen LogP contribution in [0.25, 0.3) is 11.0 Å². The van der Waals surface area contributed by atoms with Gasteiger partial charge in [0.05, 0.1) is 17.0 Å². The molecule has 5 rings (SSSR count). The van der Waals surface area contributed by atoms with Gasteiger partial charge in [-0.1, -0.05) is 56.3 Å². The molecule has 31 heavy (non-hydrogen) atoms. The molecule has 0 saturated carbocycles. The number of carbonyl (C=O) groups is 1. The van der Waals surface area contributed by atoms with Gasteiger partial charge in [-0.2, -0.15) is 0 Å². The minimum atomic E-state index is -0.657. The van der Waals surface area contributed by atoms with Crippen molar-refractivity contribution in [2.45, 2.75) is 25.8 Å². The Bertz CT molecular complexity index is 1360. The second-order valence-electron chi connectivity index (χ2n) is 8.05. The summed E-state index contributed by atoms with van der Waals surface area (Å²) in [5.74, 6) is -0.552. The molecule has 2 heterocycles. The van der Waals surface area contributed by atoms with Gasteiger partial charge in [-0.05, 0) is 47.4 Å². The van der Waals surface area contributed by atoms with Crippen LogP contribution < -0.4 is 10.3 Å². The summed E-state index contributed by atoms with van der Waals surface area (Å²) in [6.07, 6.45) is 0. The predicted octanol–water partition coefficient (Wildman–Crippen LogP) is 5.81. The molecule has 1 amide bonds. The average Bonchev–Trinajstić information content (AvgIpc) is 3.07. The first-order valence-electron chi connectivity index (χ1n) is 10.2. The average molecular weight is 413 g/mol. The van der Waals surface area contributed by atoms with Crippen LogP contribution in [0.2, 0.25) is 0 Å². The Kier molecular flexibility index (Phi) is 4.47. The highest BCUT2D eigenvalue weighted by Gasteiger charge is 2.43. The van der Waals surface area contributed by atoms with Gasteiger partial charge in [0.2, 0.25) is 5.76 Å². The highest BCUT2D eigenvalue weighted by Crippen LogP contribution is 2.41. The quantitative estimate of drug-likeness (QED) is 0.426. The zero-order chi connectivity index (χ0) is 21.7. The van der Waals surface area contributed by atoms with Gasteiger partial charge in [0.25, 0.3) is 5.91 Å². The molecular weight excluding hydrogens is 393 g/mol. The van der Waals surface area contributed by atoms with E-state index < -0.39 is 11.9 Å². The fourth-order valence-corrected chi connectivity index (χ4v) is 4.18. The van der Waals surface area contributed by atoms with E-state index in [1.165, 1.54) is 12.1 Å². The molecule has 0 spiro atoms. The Morgan fingerprint density at radius 1 is 0.935 bits per heavy atom. The van der Waals surface area contributed by atoms with Crippen molar-refractivity contribution < 1.29 is 13.6 Å². The number of nitrogens with zero attached hydrogens (tertiary/aromatic N) is 1. The molecule has 1 aliphatic heterocycles. The van der Waals surface area contributed by atoms with Gasteiger partial charge < -0.3 is 4.42 Å². The number of amides is 1. The molecule has 0 N–H and O–H groups in total. The molecule has 1 unspecified atom stereocenters. The molecule has 5 heteroatoms. The summed E-state index contributed by atoms with van der Waals surface area (Å²) in [6, 6.07) is 20.2. The summed E-state index contributed by atoms with van der Waals surface area (Å²) in [4.78, 5) is 28.5. The van der Waals surface area contributed by atoms with Crippen molar-refractivity contribution in [3.05, 3.63) is 111 Å². The van der Waals surface area contributed by atoms with Crippen molar-refractivity contribution in [1.29, 1.82) is 0 Å². The number of para-hydroxylation sites is 1. The molecule has 1 aromatic heterocycles. The number of halogens is 1. The first-order valence-corrected chi connectivity index (χ1v) is 10.2. The Labute approximate surface area is 178 Å². The molecule has 0 bridgehead atoms. The van der Waals surface area contributed by atoms with Crippen LogP contribution in [0.5, 0.6) is 0 Å². The lowest BCUT2D eigenvalue weighted by Crippen LogP contribution is -2.29. The Hall–Kier alpha value is -3.73. The van der Waals surface area contributed by atoms with Crippen LogP contribution in [-0.2, 0) is 0 Å². The SMILES string of the molecule is CC(C)c1ccc(C2c3c(oc4ccc(F)cc4c3=O)C(=O)N2c2ccccc2)cc1. The Balaban J connectivity index is 1.78. The van der Waals surface area contributed by atoms with E-state index in [0.29, 0.717) is 11.6 Å². The molecule has 0 fully saturated rings. The monoisotopic (exact) mass is 413 g/mol. The van der Waals surface area contributed by atoms with Gasteiger partial charge in [-0.3, -0.25) is 14.5 Å². The normalized spacial score (nSPS) is 15.7. The molecule has 0 saturated heterocycles. The van der Waals surface area contributed by atoms with Crippen molar-refractivity contribution in [3.8, 4) is 0 Å². The number of fused-ring (bicyclic) bond motifs is 2. The molecule has 4 aromatic rings. The van der Waals surface area contributed by atoms with Gasteiger partial charge in [0.1, 0.15) is 11.4 Å². The smallest absolute Gasteiger partial charge is 0.295 e. The molecule has 3 aromatic carbocycles. The van der Waals surface area contributed by atoms with E-state index in [1.54, 1.807) is 4.90 Å². The van der Waals surface area contributed by atoms with Crippen LogP contribution in [0.15, 0.2) is 82.0 Å². The van der Waals surface area contributed by atoms with E-state index in [9.17, 15) is 14.0 Å². The van der Waals surface area contributed by atoms with Crippen molar-refractivity contribution in [1.82, 2.24) is 0 Å². The molecule has 4 nitrogen and oxygen atoms in total. The molecule has 0 radical (unpaired) electrons. The second kappa shape index (κ2) is 7.20. The maximum atomic E-state index is 13.9. The lowest BCUT2D eigenvalue weighted by molar-refractivity contribution is 0.0971. The molecule has 1 atom stereocenters. The highest BCUT2D eigenvalue weighted by atomic mass is 19.1. The summed E-state index contributed by atoms with van der Waals surface area (Å²) in [5.41, 5.74) is 2.66. The lowest BCUT2D eigenvalue weighted by atomic mass is 9.95. The first kappa shape index (κ1) is 19.2. The maximum absolute atomic E-state index is 13.9. The predicted molar refractivity (Wildman–Crippen MR) is 118 cm³/mol. The minimum Gasteiger partial charge on any atom is -0.450 e. The van der Waals surface area contributed by atoms with Crippen LogP contribution in [0.4, 0.5) is 10.1 Å². The number of hydrogen-bond donors (Lipinski definition) is 0. The van der Waals surface area contributed by atoms with E-state index in [0.717, 1.165) is 17.2 Å². The van der Waals surface area contributed by atoms with Crippen molar-refractivity contribution in [2.75, 3.05) is 4.90 Å². The molecular formula is C26H20FNO3. The summed E-state index contributed by atoms with van der Waals surface area (Å²) in [7, 11) is 0. The number of carbonyl (C=O) groups excluding carboxylic acids is 1. The third kappa shape index (κ3) is 3.05. The number of anilines is 1. The second-order valence-corrected chi connectivity index (χ2v) is 8.05. The standard InChI is InChI=1S/C26H20FNO3/c1-15(2)16-8-10-17(11-9-16)23-22-24(29)20-14-18(27)12-13-21(20)31-25(22)26(30)28(23)19-6-4-3-5-7-19/h3-15,23H,1-2H3. The van der Waals surface area contributed by atoms with E-state index >= 15 is 0 Å². The Morgan fingerprint density at radius 3 is 2.32 bits per heavy atom. The minimum absolute atomic E-state index is 0.00546. The van der Waals surface area contributed by atoms with Gasteiger partial charge in [-0.25, -0.2) is 4.39 Å². The molecule has 154 valence electrons. The lowest BCUT2D eigenvalue weighted by Gasteiger charge is -2.25. The third-order valence-corrected chi connectivity index (χ3v) is 5.79. The van der Waals surface area contributed by atoms with Crippen molar-refractivity contribution in [3.63, 3.8) is 0 Å². The summed E-state index contributed by atoms with van der Waals surface area (Å²) < 4.78 is 19.7. The van der Waals surface area contributed by atoms with Crippen LogP contribution in [0.3, 0.4) is 0 Å². The van der Waals surface area contributed by atoms with E-state index in [1.807, 2.05) is 54.6 Å². The third-order valence-electron chi connectivity index (χ3n) is 5.79. The van der Waals surface area contributed by atoms with Crippen molar-refractivity contribution >= 4 is 22.6 Å². The van der Waals surface area contributed by atoms with Gasteiger partial charge in [0.15, 0.2) is 5.43 Å². The van der Waals surface area contributed by atoms with E-state index in [-0.39, 0.29) is 33.6 Å². The topological polar surface area (TPSA) is 50.5 Å². The van der Waals surface area contributed by atoms with Gasteiger partial charge in [-0.15, -0.1) is 0 Å². The number of rotatable bonds is 3. The van der Waals surface area contributed by atoms with Crippen LogP contribution in [0, 0.1) is 5.82 Å². The highest BCUT2D eigenvalue weighted by molar-refractivity contribution is 6.10. The summed E-state index contributed by atoms with van der Waals surface area (Å²) in [6.45, 7) is 4.21. The fraction of sp³-hybridized carbons (Fsp3) is 0.154. The van der Waals surface area contributed by atoms with E-state index in [4.69, 9.17) is 4.42 Å². The van der Waals surface area contributed by atoms with Crippen molar-refractivity contribution in [2.24, 2.45) is 0 Å².